The van der Waals surface area contributed by atoms with E-state index < -0.39 is 17.5 Å². The minimum absolute atomic E-state index is 0.260. The average Bonchev–Trinajstić information content (AvgIpc) is 2.15. The zero-order chi connectivity index (χ0) is 13.0. The van der Waals surface area contributed by atoms with Crippen molar-refractivity contribution in [2.75, 3.05) is 0 Å². The van der Waals surface area contributed by atoms with E-state index in [-0.39, 0.29) is 16.6 Å². The van der Waals surface area contributed by atoms with Gasteiger partial charge in [-0.25, -0.2) is 4.39 Å². The van der Waals surface area contributed by atoms with Crippen LogP contribution in [-0.4, -0.2) is 22.0 Å². The molecule has 0 heterocycles. The molecule has 0 saturated heterocycles. The molecule has 17 heavy (non-hydrogen) atoms. The first kappa shape index (κ1) is 13.4. The quantitative estimate of drug-likeness (QED) is 0.710. The van der Waals surface area contributed by atoms with Crippen molar-refractivity contribution in [2.45, 2.75) is 19.4 Å². The van der Waals surface area contributed by atoms with E-state index in [0.29, 0.717) is 6.42 Å². The molecule has 0 aliphatic carbocycles. The maximum absolute atomic E-state index is 13.3. The van der Waals surface area contributed by atoms with Crippen LogP contribution in [-0.2, 0) is 0 Å². The van der Waals surface area contributed by atoms with Gasteiger partial charge in [-0.3, -0.25) is 4.79 Å². The molecular weight excluding hydrogens is 243 g/mol. The Morgan fingerprint density at radius 2 is 2.29 bits per heavy atom. The fraction of sp³-hybridized carbons (Fsp3) is 0.273. The Hall–Kier alpha value is -1.69. The summed E-state index contributed by atoms with van der Waals surface area (Å²) in [7, 11) is 0. The summed E-state index contributed by atoms with van der Waals surface area (Å²) in [6, 6.07) is 3.35. The van der Waals surface area contributed by atoms with Crippen molar-refractivity contribution >= 4 is 23.1 Å². The second kappa shape index (κ2) is 5.58. The molecule has 1 aromatic carbocycles. The van der Waals surface area contributed by atoms with Gasteiger partial charge in [0.15, 0.2) is 0 Å². The molecule has 0 spiro atoms. The van der Waals surface area contributed by atoms with Gasteiger partial charge in [-0.05, 0) is 19.1 Å². The lowest BCUT2D eigenvalue weighted by Gasteiger charge is -2.13. The Balaban J connectivity index is 2.80. The first-order valence-electron chi connectivity index (χ1n) is 4.98. The van der Waals surface area contributed by atoms with Gasteiger partial charge >= 0.3 is 0 Å². The van der Waals surface area contributed by atoms with E-state index in [4.69, 9.17) is 18.0 Å². The lowest BCUT2D eigenvalue weighted by Crippen LogP contribution is -2.35. The molecule has 1 unspecified atom stereocenters. The highest BCUT2D eigenvalue weighted by Crippen LogP contribution is 2.19. The standard InChI is InChI=1S/C11H13FN2O2S/c1-6(5-9(13)17)14-11(16)10-7(12)3-2-4-8(10)15/h2-4,6,15H,5H2,1H3,(H2,13,17)(H,14,16). The summed E-state index contributed by atoms with van der Waals surface area (Å²) < 4.78 is 13.3. The van der Waals surface area contributed by atoms with Crippen LogP contribution in [0.15, 0.2) is 18.2 Å². The number of phenols is 1. The minimum Gasteiger partial charge on any atom is -0.507 e. The van der Waals surface area contributed by atoms with Gasteiger partial charge in [0, 0.05) is 12.5 Å². The van der Waals surface area contributed by atoms with E-state index in [2.05, 4.69) is 5.32 Å². The van der Waals surface area contributed by atoms with Crippen LogP contribution in [0.25, 0.3) is 0 Å². The number of hydrogen-bond donors (Lipinski definition) is 3. The van der Waals surface area contributed by atoms with E-state index in [1.165, 1.54) is 12.1 Å². The van der Waals surface area contributed by atoms with Gasteiger partial charge < -0.3 is 16.2 Å². The van der Waals surface area contributed by atoms with Crippen molar-refractivity contribution in [3.63, 3.8) is 0 Å². The third kappa shape index (κ3) is 3.67. The number of benzene rings is 1. The average molecular weight is 256 g/mol. The second-order valence-electron chi connectivity index (χ2n) is 3.68. The van der Waals surface area contributed by atoms with Crippen LogP contribution >= 0.6 is 12.2 Å². The fourth-order valence-corrected chi connectivity index (χ4v) is 1.64. The molecule has 92 valence electrons. The Bertz CT molecular complexity index is 431. The molecule has 0 aromatic heterocycles. The Kier molecular flexibility index (Phi) is 4.39. The molecule has 0 aliphatic heterocycles. The molecule has 0 saturated carbocycles. The zero-order valence-corrected chi connectivity index (χ0v) is 10.1. The number of aromatic hydroxyl groups is 1. The topological polar surface area (TPSA) is 75.3 Å². The summed E-state index contributed by atoms with van der Waals surface area (Å²) >= 11 is 4.70. The molecule has 1 rings (SSSR count). The SMILES string of the molecule is CC(CC(N)=S)NC(=O)c1c(O)cccc1F. The number of thiocarbonyl (C=S) groups is 1. The predicted octanol–water partition coefficient (Wildman–Crippen LogP) is 1.33. The van der Waals surface area contributed by atoms with Gasteiger partial charge in [0.25, 0.3) is 5.91 Å². The molecule has 1 aromatic rings. The predicted molar refractivity (Wildman–Crippen MR) is 66.4 cm³/mol. The van der Waals surface area contributed by atoms with Crippen molar-refractivity contribution in [3.05, 3.63) is 29.6 Å². The van der Waals surface area contributed by atoms with Crippen molar-refractivity contribution < 1.29 is 14.3 Å². The van der Waals surface area contributed by atoms with Gasteiger partial charge in [-0.1, -0.05) is 18.3 Å². The molecular formula is C11H13FN2O2S. The fourth-order valence-electron chi connectivity index (χ4n) is 1.39. The summed E-state index contributed by atoms with van der Waals surface area (Å²) in [5.74, 6) is -1.86. The first-order chi connectivity index (χ1) is 7.91. The minimum atomic E-state index is -0.773. The molecule has 6 heteroatoms. The maximum atomic E-state index is 13.3. The van der Waals surface area contributed by atoms with Gasteiger partial charge in [0.1, 0.15) is 17.1 Å². The highest BCUT2D eigenvalue weighted by molar-refractivity contribution is 7.80. The van der Waals surface area contributed by atoms with Crippen LogP contribution in [0.5, 0.6) is 5.75 Å². The van der Waals surface area contributed by atoms with Gasteiger partial charge in [0.2, 0.25) is 0 Å². The third-order valence-electron chi connectivity index (χ3n) is 2.10. The highest BCUT2D eigenvalue weighted by atomic mass is 32.1. The summed E-state index contributed by atoms with van der Waals surface area (Å²) in [6.07, 6.45) is 0.316. The Morgan fingerprint density at radius 3 is 2.82 bits per heavy atom. The zero-order valence-electron chi connectivity index (χ0n) is 9.24. The van der Waals surface area contributed by atoms with E-state index in [1.807, 2.05) is 0 Å². The number of carbonyl (C=O) groups is 1. The summed E-state index contributed by atoms with van der Waals surface area (Å²) in [4.78, 5) is 11.9. The Labute approximate surface area is 104 Å². The molecule has 1 atom stereocenters. The van der Waals surface area contributed by atoms with Gasteiger partial charge in [0.05, 0.1) is 4.99 Å². The Morgan fingerprint density at radius 1 is 1.65 bits per heavy atom. The summed E-state index contributed by atoms with van der Waals surface area (Å²) in [5, 5.41) is 11.9. The number of carbonyl (C=O) groups excluding carboxylic acids is 1. The van der Waals surface area contributed by atoms with Crippen LogP contribution in [0.4, 0.5) is 4.39 Å². The van der Waals surface area contributed by atoms with Crippen LogP contribution in [0.3, 0.4) is 0 Å². The second-order valence-corrected chi connectivity index (χ2v) is 4.20. The molecule has 4 nitrogen and oxygen atoms in total. The molecule has 0 bridgehead atoms. The number of nitrogens with one attached hydrogen (secondary N) is 1. The normalized spacial score (nSPS) is 11.9. The molecule has 0 radical (unpaired) electrons. The van der Waals surface area contributed by atoms with Gasteiger partial charge in [-0.15, -0.1) is 0 Å². The maximum Gasteiger partial charge on any atom is 0.258 e. The highest BCUT2D eigenvalue weighted by Gasteiger charge is 2.18. The van der Waals surface area contributed by atoms with Crippen LogP contribution in [0.2, 0.25) is 0 Å². The van der Waals surface area contributed by atoms with E-state index >= 15 is 0 Å². The lowest BCUT2D eigenvalue weighted by atomic mass is 10.1. The van der Waals surface area contributed by atoms with Crippen molar-refractivity contribution in [3.8, 4) is 5.75 Å². The molecule has 0 aliphatic rings. The third-order valence-corrected chi connectivity index (χ3v) is 2.27. The van der Waals surface area contributed by atoms with Gasteiger partial charge in [-0.2, -0.15) is 0 Å². The number of amides is 1. The number of nitrogens with two attached hydrogens (primary N) is 1. The molecule has 1 amide bonds. The van der Waals surface area contributed by atoms with Crippen molar-refractivity contribution in [2.24, 2.45) is 5.73 Å². The van der Waals surface area contributed by atoms with Crippen molar-refractivity contribution in [1.29, 1.82) is 0 Å². The monoisotopic (exact) mass is 256 g/mol. The van der Waals surface area contributed by atoms with E-state index in [9.17, 15) is 14.3 Å². The van der Waals surface area contributed by atoms with E-state index in [1.54, 1.807) is 6.92 Å². The number of rotatable bonds is 4. The first-order valence-corrected chi connectivity index (χ1v) is 5.39. The number of halogens is 1. The number of phenolic OH excluding ortho intramolecular Hbond substituents is 1. The van der Waals surface area contributed by atoms with E-state index in [0.717, 1.165) is 6.07 Å². The molecule has 0 fully saturated rings. The van der Waals surface area contributed by atoms with Crippen LogP contribution in [0.1, 0.15) is 23.7 Å². The van der Waals surface area contributed by atoms with Crippen LogP contribution in [0, 0.1) is 5.82 Å². The lowest BCUT2D eigenvalue weighted by molar-refractivity contribution is 0.0934. The van der Waals surface area contributed by atoms with Crippen molar-refractivity contribution in [1.82, 2.24) is 5.32 Å². The summed E-state index contributed by atoms with van der Waals surface area (Å²) in [6.45, 7) is 1.69. The number of hydrogen-bond acceptors (Lipinski definition) is 3. The largest absolute Gasteiger partial charge is 0.507 e. The van der Waals surface area contributed by atoms with Crippen LogP contribution < -0.4 is 11.1 Å². The summed E-state index contributed by atoms with van der Waals surface area (Å²) in [5.41, 5.74) is 4.95. The smallest absolute Gasteiger partial charge is 0.258 e. The molecule has 4 N–H and O–H groups in total.